The average molecular weight is 464 g/mol. The molecule has 0 spiro atoms. The Labute approximate surface area is 185 Å². The third-order valence-corrected chi connectivity index (χ3v) is 4.71. The molecule has 4 unspecified atom stereocenters. The number of carbonyl (C=O) groups excluding carboxylic acids is 3. The van der Waals surface area contributed by atoms with Crippen LogP contribution in [0.15, 0.2) is 4.99 Å². The van der Waals surface area contributed by atoms with Crippen LogP contribution in [0.3, 0.4) is 0 Å². The zero-order valence-corrected chi connectivity index (χ0v) is 18.5. The highest BCUT2D eigenvalue weighted by Gasteiger charge is 2.26. The molecule has 0 aliphatic rings. The van der Waals surface area contributed by atoms with Gasteiger partial charge in [0.2, 0.25) is 17.7 Å². The summed E-state index contributed by atoms with van der Waals surface area (Å²) in [5.41, 5.74) is 15.9. The van der Waals surface area contributed by atoms with Crippen molar-refractivity contribution in [3.8, 4) is 0 Å². The first-order valence-electron chi connectivity index (χ1n) is 9.57. The van der Waals surface area contributed by atoms with Gasteiger partial charge >= 0.3 is 5.97 Å². The Morgan fingerprint density at radius 3 is 2.23 bits per heavy atom. The van der Waals surface area contributed by atoms with E-state index in [0.29, 0.717) is 12.2 Å². The number of rotatable bonds is 15. The summed E-state index contributed by atoms with van der Waals surface area (Å²) in [6, 6.07) is -3.38. The summed E-state index contributed by atoms with van der Waals surface area (Å²) in [7, 11) is 0. The highest BCUT2D eigenvalue weighted by Crippen LogP contribution is 2.04. The highest BCUT2D eigenvalue weighted by atomic mass is 32.2. The second-order valence-electron chi connectivity index (χ2n) is 6.73. The predicted molar refractivity (Wildman–Crippen MR) is 117 cm³/mol. The number of amides is 3. The molecule has 0 aromatic heterocycles. The number of carboxylic acids is 1. The molecule has 13 nitrogen and oxygen atoms in total. The van der Waals surface area contributed by atoms with Crippen molar-refractivity contribution in [1.82, 2.24) is 16.0 Å². The van der Waals surface area contributed by atoms with E-state index in [4.69, 9.17) is 17.2 Å². The van der Waals surface area contributed by atoms with Crippen molar-refractivity contribution < 1.29 is 29.4 Å². The molecule has 0 heterocycles. The van der Waals surface area contributed by atoms with Crippen LogP contribution in [0.25, 0.3) is 0 Å². The van der Waals surface area contributed by atoms with E-state index >= 15 is 0 Å². The van der Waals surface area contributed by atoms with Gasteiger partial charge in [0, 0.05) is 6.54 Å². The van der Waals surface area contributed by atoms with Crippen LogP contribution in [0.4, 0.5) is 0 Å². The van der Waals surface area contributed by atoms with Gasteiger partial charge in [-0.05, 0) is 38.2 Å². The Morgan fingerprint density at radius 1 is 1.06 bits per heavy atom. The summed E-state index contributed by atoms with van der Waals surface area (Å²) in [4.78, 5) is 51.6. The molecule has 14 heteroatoms. The molecule has 178 valence electrons. The number of nitrogens with zero attached hydrogens (tertiary/aromatic N) is 1. The first-order valence-corrected chi connectivity index (χ1v) is 11.0. The third kappa shape index (κ3) is 12.7. The molecule has 0 aliphatic carbocycles. The maximum Gasteiger partial charge on any atom is 0.326 e. The number of guanidine groups is 1. The Kier molecular flexibility index (Phi) is 14.0. The minimum absolute atomic E-state index is 0.0916. The molecule has 3 amide bonds. The fourth-order valence-corrected chi connectivity index (χ4v) is 2.76. The number of aliphatic hydroxyl groups is 1. The van der Waals surface area contributed by atoms with Crippen molar-refractivity contribution in [2.45, 2.75) is 50.4 Å². The number of aliphatic hydroxyl groups excluding tert-OH is 1. The molecule has 0 rings (SSSR count). The van der Waals surface area contributed by atoms with E-state index in [0.717, 1.165) is 0 Å². The highest BCUT2D eigenvalue weighted by molar-refractivity contribution is 7.98. The first-order chi connectivity index (χ1) is 14.5. The molecular formula is C17H33N7O6S. The second-order valence-corrected chi connectivity index (χ2v) is 7.72. The van der Waals surface area contributed by atoms with E-state index < -0.39 is 54.5 Å². The van der Waals surface area contributed by atoms with Crippen LogP contribution in [0.1, 0.15) is 26.2 Å². The number of nitrogens with two attached hydrogens (primary N) is 3. The van der Waals surface area contributed by atoms with Crippen molar-refractivity contribution in [1.29, 1.82) is 0 Å². The van der Waals surface area contributed by atoms with Gasteiger partial charge in [0.05, 0.1) is 12.6 Å². The second kappa shape index (κ2) is 15.3. The van der Waals surface area contributed by atoms with E-state index in [1.54, 1.807) is 0 Å². The number of nitrogens with one attached hydrogen (secondary N) is 3. The van der Waals surface area contributed by atoms with Crippen molar-refractivity contribution >= 4 is 41.4 Å². The van der Waals surface area contributed by atoms with Crippen molar-refractivity contribution in [2.24, 2.45) is 22.2 Å². The number of carbonyl (C=O) groups is 4. The minimum Gasteiger partial charge on any atom is -0.480 e. The van der Waals surface area contributed by atoms with Gasteiger partial charge in [0.25, 0.3) is 0 Å². The van der Waals surface area contributed by atoms with Crippen LogP contribution in [0.2, 0.25) is 0 Å². The molecule has 0 aromatic rings. The smallest absolute Gasteiger partial charge is 0.326 e. The zero-order valence-electron chi connectivity index (χ0n) is 17.7. The van der Waals surface area contributed by atoms with E-state index in [1.165, 1.54) is 18.7 Å². The molecule has 0 aliphatic heterocycles. The van der Waals surface area contributed by atoms with E-state index in [1.807, 2.05) is 6.26 Å². The Balaban J connectivity index is 4.88. The quantitative estimate of drug-likeness (QED) is 0.0683. The third-order valence-electron chi connectivity index (χ3n) is 4.07. The first kappa shape index (κ1) is 28.4. The van der Waals surface area contributed by atoms with Crippen molar-refractivity contribution in [2.75, 3.05) is 25.1 Å². The van der Waals surface area contributed by atoms with Crippen LogP contribution in [0, 0.1) is 0 Å². The lowest BCUT2D eigenvalue weighted by Crippen LogP contribution is -2.54. The summed E-state index contributed by atoms with van der Waals surface area (Å²) in [5, 5.41) is 25.8. The number of aliphatic carboxylic acids is 1. The summed E-state index contributed by atoms with van der Waals surface area (Å²) >= 11 is 1.44. The largest absolute Gasteiger partial charge is 0.480 e. The molecule has 0 aromatic carbocycles. The van der Waals surface area contributed by atoms with Gasteiger partial charge < -0.3 is 43.4 Å². The minimum atomic E-state index is -1.23. The molecule has 0 radical (unpaired) electrons. The maximum atomic E-state index is 12.6. The van der Waals surface area contributed by atoms with Gasteiger partial charge in [-0.15, -0.1) is 0 Å². The normalized spacial score (nSPS) is 14.5. The van der Waals surface area contributed by atoms with Crippen LogP contribution < -0.4 is 33.2 Å². The fraction of sp³-hybridized carbons (Fsp3) is 0.706. The zero-order chi connectivity index (χ0) is 24.0. The number of thioether (sulfide) groups is 1. The van der Waals surface area contributed by atoms with Gasteiger partial charge in [0.15, 0.2) is 5.96 Å². The summed E-state index contributed by atoms with van der Waals surface area (Å²) in [6.07, 6.45) is 1.39. The SMILES string of the molecule is CSCCC(NC(=O)CNC(=O)C(N)C(C)O)C(=O)NC(CCCN=C(N)N)C(=O)O. The van der Waals surface area contributed by atoms with Crippen molar-refractivity contribution in [3.05, 3.63) is 0 Å². The van der Waals surface area contributed by atoms with Gasteiger partial charge in [-0.25, -0.2) is 4.79 Å². The molecular weight excluding hydrogens is 430 g/mol. The Bertz CT molecular complexity index is 642. The fourth-order valence-electron chi connectivity index (χ4n) is 2.29. The van der Waals surface area contributed by atoms with E-state index in [-0.39, 0.29) is 25.3 Å². The summed E-state index contributed by atoms with van der Waals surface area (Å²) < 4.78 is 0. The van der Waals surface area contributed by atoms with Crippen molar-refractivity contribution in [3.63, 3.8) is 0 Å². The summed E-state index contributed by atoms with van der Waals surface area (Å²) in [6.45, 7) is 1.09. The van der Waals surface area contributed by atoms with E-state index in [9.17, 15) is 29.4 Å². The average Bonchev–Trinajstić information content (AvgIpc) is 2.70. The predicted octanol–water partition coefficient (Wildman–Crippen LogP) is -3.33. The van der Waals surface area contributed by atoms with Crippen LogP contribution in [-0.2, 0) is 19.2 Å². The van der Waals surface area contributed by atoms with Gasteiger partial charge in [-0.2, -0.15) is 11.8 Å². The summed E-state index contributed by atoms with van der Waals surface area (Å²) in [5.74, 6) is -2.86. The molecule has 31 heavy (non-hydrogen) atoms. The number of aliphatic imine (C=N–C) groups is 1. The van der Waals surface area contributed by atoms with Crippen LogP contribution in [-0.4, -0.2) is 89.2 Å². The maximum absolute atomic E-state index is 12.6. The number of carboxylic acid groups (broad SMARTS) is 1. The lowest BCUT2D eigenvalue weighted by Gasteiger charge is -2.21. The molecule has 0 saturated heterocycles. The molecule has 0 fully saturated rings. The molecule has 4 atom stereocenters. The monoisotopic (exact) mass is 463 g/mol. The van der Waals surface area contributed by atoms with Gasteiger partial charge in [-0.3, -0.25) is 19.4 Å². The van der Waals surface area contributed by atoms with Crippen LogP contribution in [0.5, 0.6) is 0 Å². The standard InChI is InChI=1S/C17H33N7O6S/c1-9(25)13(18)15(28)22-8-12(26)23-10(5-7-31-2)14(27)24-11(16(29)30)4-3-6-21-17(19)20/h9-11,13,25H,3-8,18H2,1-2H3,(H,22,28)(H,23,26)(H,24,27)(H,29,30)(H4,19,20,21). The number of hydrogen-bond donors (Lipinski definition) is 8. The Morgan fingerprint density at radius 2 is 1.71 bits per heavy atom. The molecule has 0 bridgehead atoms. The lowest BCUT2D eigenvalue weighted by atomic mass is 10.1. The van der Waals surface area contributed by atoms with Crippen LogP contribution >= 0.6 is 11.8 Å². The lowest BCUT2D eigenvalue weighted by molar-refractivity contribution is -0.142. The van der Waals surface area contributed by atoms with E-state index in [2.05, 4.69) is 20.9 Å². The topological polar surface area (TPSA) is 235 Å². The number of hydrogen-bond acceptors (Lipinski definition) is 8. The Hall–Kier alpha value is -2.58. The molecule has 11 N–H and O–H groups in total. The van der Waals surface area contributed by atoms with Gasteiger partial charge in [-0.1, -0.05) is 0 Å². The van der Waals surface area contributed by atoms with Gasteiger partial charge in [0.1, 0.15) is 18.1 Å². The molecule has 0 saturated carbocycles.